The summed E-state index contributed by atoms with van der Waals surface area (Å²) in [7, 11) is 3.18. The van der Waals surface area contributed by atoms with Crippen molar-refractivity contribution >= 4 is 6.09 Å². The molecular weight excluding hydrogens is 322 g/mol. The van der Waals surface area contributed by atoms with E-state index in [1.807, 2.05) is 32.9 Å². The van der Waals surface area contributed by atoms with Crippen LogP contribution in [0.1, 0.15) is 26.3 Å². The summed E-state index contributed by atoms with van der Waals surface area (Å²) in [6.07, 6.45) is -0.401. The molecule has 0 aromatic heterocycles. The first-order chi connectivity index (χ1) is 11.7. The predicted molar refractivity (Wildman–Crippen MR) is 92.5 cm³/mol. The van der Waals surface area contributed by atoms with E-state index in [0.717, 1.165) is 5.56 Å². The average Bonchev–Trinajstić information content (AvgIpc) is 2.52. The van der Waals surface area contributed by atoms with Gasteiger partial charge < -0.3 is 19.1 Å². The Bertz CT molecular complexity index is 670. The van der Waals surface area contributed by atoms with Crippen LogP contribution in [-0.4, -0.2) is 49.4 Å². The van der Waals surface area contributed by atoms with Crippen molar-refractivity contribution in [3.63, 3.8) is 0 Å². The average molecular weight is 347 g/mol. The summed E-state index contributed by atoms with van der Waals surface area (Å²) < 4.78 is 15.9. The van der Waals surface area contributed by atoms with Gasteiger partial charge in [-0.2, -0.15) is 5.26 Å². The number of carbonyl (C=O) groups is 1. The van der Waals surface area contributed by atoms with Crippen molar-refractivity contribution in [3.8, 4) is 17.6 Å². The molecule has 2 rings (SSSR count). The van der Waals surface area contributed by atoms with Crippen LogP contribution in [0.15, 0.2) is 18.2 Å². The van der Waals surface area contributed by atoms with E-state index in [1.165, 1.54) is 4.90 Å². The van der Waals surface area contributed by atoms with Crippen LogP contribution >= 0.6 is 0 Å². The maximum Gasteiger partial charge on any atom is 0.410 e. The number of nitrogens with zero attached hydrogens (tertiary/aromatic N) is 2. The van der Waals surface area contributed by atoms with Crippen LogP contribution < -0.4 is 14.8 Å². The molecule has 1 N–H and O–H groups in total. The van der Waals surface area contributed by atoms with Crippen LogP contribution in [0, 0.1) is 11.3 Å². The largest absolute Gasteiger partial charge is 0.497 e. The lowest BCUT2D eigenvalue weighted by Gasteiger charge is -2.45. The van der Waals surface area contributed by atoms with Crippen molar-refractivity contribution in [2.45, 2.75) is 38.5 Å². The fourth-order valence-corrected chi connectivity index (χ4v) is 2.55. The minimum Gasteiger partial charge on any atom is -0.497 e. The Morgan fingerprint density at radius 2 is 2.00 bits per heavy atom. The second-order valence-electron chi connectivity index (χ2n) is 7.06. The van der Waals surface area contributed by atoms with Crippen LogP contribution in [-0.2, 0) is 11.3 Å². The van der Waals surface area contributed by atoms with E-state index in [2.05, 4.69) is 11.4 Å². The Balaban J connectivity index is 1.97. The molecule has 1 amide bonds. The number of hydrogen-bond donors (Lipinski definition) is 1. The van der Waals surface area contributed by atoms with E-state index < -0.39 is 17.2 Å². The molecule has 0 radical (unpaired) electrons. The number of rotatable bonds is 5. The van der Waals surface area contributed by atoms with Gasteiger partial charge in [-0.3, -0.25) is 5.32 Å². The molecule has 1 aliphatic heterocycles. The molecule has 1 aliphatic rings. The van der Waals surface area contributed by atoms with E-state index in [1.54, 1.807) is 20.3 Å². The highest BCUT2D eigenvalue weighted by atomic mass is 16.6. The Morgan fingerprint density at radius 3 is 2.52 bits per heavy atom. The number of likely N-dealkylation sites (tertiary alicyclic amines) is 1. The van der Waals surface area contributed by atoms with Crippen molar-refractivity contribution in [1.82, 2.24) is 10.2 Å². The molecule has 0 saturated carbocycles. The van der Waals surface area contributed by atoms with Gasteiger partial charge >= 0.3 is 6.09 Å². The first-order valence-electron chi connectivity index (χ1n) is 8.07. The summed E-state index contributed by atoms with van der Waals surface area (Å²) in [6.45, 7) is 6.47. The minimum absolute atomic E-state index is 0.289. The maximum absolute atomic E-state index is 12.0. The third-order valence-electron chi connectivity index (χ3n) is 3.90. The van der Waals surface area contributed by atoms with Gasteiger partial charge in [-0.05, 0) is 26.8 Å². The molecular formula is C18H25N3O4. The van der Waals surface area contributed by atoms with Crippen LogP contribution in [0.5, 0.6) is 11.5 Å². The first kappa shape index (κ1) is 18.9. The van der Waals surface area contributed by atoms with Gasteiger partial charge in [0.2, 0.25) is 0 Å². The maximum atomic E-state index is 12.0. The van der Waals surface area contributed by atoms with Crippen molar-refractivity contribution in [3.05, 3.63) is 23.8 Å². The molecule has 0 atom stereocenters. The van der Waals surface area contributed by atoms with Gasteiger partial charge in [0.15, 0.2) is 0 Å². The van der Waals surface area contributed by atoms with Crippen molar-refractivity contribution in [1.29, 1.82) is 5.26 Å². The molecule has 136 valence electrons. The third kappa shape index (κ3) is 4.54. The van der Waals surface area contributed by atoms with Gasteiger partial charge in [0.1, 0.15) is 22.6 Å². The van der Waals surface area contributed by atoms with Crippen LogP contribution in [0.3, 0.4) is 0 Å². The van der Waals surface area contributed by atoms with Crippen LogP contribution in [0.4, 0.5) is 4.79 Å². The number of amides is 1. The highest BCUT2D eigenvalue weighted by Crippen LogP contribution is 2.27. The lowest BCUT2D eigenvalue weighted by Crippen LogP contribution is -2.69. The van der Waals surface area contributed by atoms with Crippen LogP contribution in [0.2, 0.25) is 0 Å². The molecule has 1 saturated heterocycles. The summed E-state index contributed by atoms with van der Waals surface area (Å²) in [5, 5.41) is 12.7. The second kappa shape index (κ2) is 7.19. The number of nitrogens with one attached hydrogen (secondary N) is 1. The van der Waals surface area contributed by atoms with Gasteiger partial charge in [-0.15, -0.1) is 0 Å². The molecule has 0 aliphatic carbocycles. The van der Waals surface area contributed by atoms with Gasteiger partial charge in [0, 0.05) is 18.2 Å². The Morgan fingerprint density at radius 1 is 1.32 bits per heavy atom. The molecule has 1 aromatic carbocycles. The molecule has 25 heavy (non-hydrogen) atoms. The van der Waals surface area contributed by atoms with Crippen molar-refractivity contribution in [2.75, 3.05) is 27.3 Å². The molecule has 0 spiro atoms. The van der Waals surface area contributed by atoms with E-state index in [9.17, 15) is 10.1 Å². The Kier molecular flexibility index (Phi) is 5.43. The summed E-state index contributed by atoms with van der Waals surface area (Å²) in [5.41, 5.74) is -0.415. The number of ether oxygens (including phenoxy) is 3. The highest BCUT2D eigenvalue weighted by Gasteiger charge is 2.46. The van der Waals surface area contributed by atoms with Crippen LogP contribution in [0.25, 0.3) is 0 Å². The molecule has 0 unspecified atom stereocenters. The monoisotopic (exact) mass is 347 g/mol. The molecule has 1 aromatic rings. The summed E-state index contributed by atoms with van der Waals surface area (Å²) in [5.74, 6) is 1.39. The van der Waals surface area contributed by atoms with Gasteiger partial charge in [0.25, 0.3) is 0 Å². The number of benzene rings is 1. The topological polar surface area (TPSA) is 83.8 Å². The molecule has 7 nitrogen and oxygen atoms in total. The van der Waals surface area contributed by atoms with E-state index in [4.69, 9.17) is 14.2 Å². The van der Waals surface area contributed by atoms with E-state index >= 15 is 0 Å². The normalized spacial score (nSPS) is 15.8. The smallest absolute Gasteiger partial charge is 0.410 e. The number of hydrogen-bond acceptors (Lipinski definition) is 6. The molecule has 0 bridgehead atoms. The quantitative estimate of drug-likeness (QED) is 0.880. The predicted octanol–water partition coefficient (Wildman–Crippen LogP) is 2.31. The number of methoxy groups -OCH3 is 2. The summed E-state index contributed by atoms with van der Waals surface area (Å²) in [6, 6.07) is 7.79. The van der Waals surface area contributed by atoms with E-state index in [-0.39, 0.29) is 13.1 Å². The fourth-order valence-electron chi connectivity index (χ4n) is 2.55. The van der Waals surface area contributed by atoms with Gasteiger partial charge in [-0.25, -0.2) is 4.79 Å². The fraction of sp³-hybridized carbons (Fsp3) is 0.556. The zero-order valence-electron chi connectivity index (χ0n) is 15.4. The lowest BCUT2D eigenvalue weighted by molar-refractivity contribution is -0.00521. The summed E-state index contributed by atoms with van der Waals surface area (Å²) in [4.78, 5) is 13.5. The Labute approximate surface area is 148 Å². The number of carbonyl (C=O) groups excluding carboxylic acids is 1. The molecule has 1 heterocycles. The van der Waals surface area contributed by atoms with Crippen molar-refractivity contribution in [2.24, 2.45) is 0 Å². The lowest BCUT2D eigenvalue weighted by atomic mass is 9.91. The minimum atomic E-state index is -0.776. The third-order valence-corrected chi connectivity index (χ3v) is 3.90. The SMILES string of the molecule is COc1ccc(CNC2(C#N)CN(C(=O)OC(C)(C)C)C2)c(OC)c1. The Hall–Kier alpha value is -2.46. The zero-order chi connectivity index (χ0) is 18.7. The second-order valence-corrected chi connectivity index (χ2v) is 7.06. The van der Waals surface area contributed by atoms with Gasteiger partial charge in [-0.1, -0.05) is 6.07 Å². The van der Waals surface area contributed by atoms with Gasteiger partial charge in [0.05, 0.1) is 33.4 Å². The van der Waals surface area contributed by atoms with Crippen molar-refractivity contribution < 1.29 is 19.0 Å². The summed E-state index contributed by atoms with van der Waals surface area (Å²) >= 11 is 0. The van der Waals surface area contributed by atoms with E-state index in [0.29, 0.717) is 18.0 Å². The molecule has 7 heteroatoms. The molecule has 1 fully saturated rings. The first-order valence-corrected chi connectivity index (χ1v) is 8.07. The zero-order valence-corrected chi connectivity index (χ0v) is 15.4. The number of nitriles is 1. The standard InChI is InChI=1S/C18H25N3O4/c1-17(2,3)25-16(22)21-11-18(10-19,12-21)20-9-13-6-7-14(23-4)8-15(13)24-5/h6-8,20H,9,11-12H2,1-5H3. The highest BCUT2D eigenvalue weighted by molar-refractivity contribution is 5.70.